The minimum absolute atomic E-state index is 0.305. The number of H-pyrrole nitrogens is 1. The van der Waals surface area contributed by atoms with E-state index in [1.807, 2.05) is 0 Å². The average molecular weight is 266 g/mol. The number of halogens is 3. The molecule has 1 heterocycles. The van der Waals surface area contributed by atoms with E-state index in [2.05, 4.69) is 14.2 Å². The molecule has 2 rings (SSSR count). The molecule has 0 atom stereocenters. The number of aromatic amines is 1. The van der Waals surface area contributed by atoms with Crippen LogP contribution in [0.15, 0.2) is 24.3 Å². The second kappa shape index (κ2) is 3.62. The third kappa shape index (κ3) is 2.18. The summed E-state index contributed by atoms with van der Waals surface area (Å²) in [5, 5.41) is 0. The van der Waals surface area contributed by atoms with E-state index >= 15 is 0 Å². The van der Waals surface area contributed by atoms with E-state index in [0.717, 1.165) is 0 Å². The molecular formula is C8H5F3N2O3S. The lowest BCUT2D eigenvalue weighted by Gasteiger charge is -2.05. The molecule has 0 fully saturated rings. The summed E-state index contributed by atoms with van der Waals surface area (Å²) in [6.07, 6.45) is 0. The molecule has 0 unspecified atom stereocenters. The third-order valence-corrected chi connectivity index (χ3v) is 2.78. The van der Waals surface area contributed by atoms with Crippen LogP contribution in [0.5, 0.6) is 6.01 Å². The van der Waals surface area contributed by atoms with Crippen LogP contribution < -0.4 is 4.18 Å². The van der Waals surface area contributed by atoms with Crippen LogP contribution in [0.4, 0.5) is 13.2 Å². The number of para-hydroxylation sites is 2. The molecular weight excluding hydrogens is 261 g/mol. The molecule has 0 amide bonds. The predicted octanol–water partition coefficient (Wildman–Crippen LogP) is 1.79. The smallest absolute Gasteiger partial charge is 0.339 e. The Kier molecular flexibility index (Phi) is 2.49. The fourth-order valence-corrected chi connectivity index (χ4v) is 1.50. The van der Waals surface area contributed by atoms with E-state index < -0.39 is 21.6 Å². The van der Waals surface area contributed by atoms with E-state index in [4.69, 9.17) is 0 Å². The number of hydrogen-bond donors (Lipinski definition) is 1. The number of fused-ring (bicyclic) bond motifs is 1. The van der Waals surface area contributed by atoms with E-state index in [0.29, 0.717) is 11.0 Å². The summed E-state index contributed by atoms with van der Waals surface area (Å²) in [5.74, 6) is 0. The van der Waals surface area contributed by atoms with Crippen LogP contribution in [0.25, 0.3) is 11.0 Å². The van der Waals surface area contributed by atoms with Crippen LogP contribution in [-0.4, -0.2) is 23.9 Å². The van der Waals surface area contributed by atoms with Crippen LogP contribution in [0.2, 0.25) is 0 Å². The van der Waals surface area contributed by atoms with Gasteiger partial charge >= 0.3 is 21.6 Å². The highest BCUT2D eigenvalue weighted by Crippen LogP contribution is 2.26. The van der Waals surface area contributed by atoms with Gasteiger partial charge in [-0.25, -0.2) is 0 Å². The second-order valence-corrected chi connectivity index (χ2v) is 4.58. The highest BCUT2D eigenvalue weighted by atomic mass is 32.2. The van der Waals surface area contributed by atoms with E-state index in [1.54, 1.807) is 12.1 Å². The van der Waals surface area contributed by atoms with Crippen LogP contribution in [0.3, 0.4) is 0 Å². The van der Waals surface area contributed by atoms with Crippen molar-refractivity contribution < 1.29 is 25.8 Å². The summed E-state index contributed by atoms with van der Waals surface area (Å²) in [4.78, 5) is 5.87. The molecule has 0 bridgehead atoms. The molecule has 0 spiro atoms. The van der Waals surface area contributed by atoms with E-state index in [1.165, 1.54) is 12.1 Å². The molecule has 0 saturated heterocycles. The number of hydrogen-bond acceptors (Lipinski definition) is 4. The Morgan fingerprint density at radius 3 is 2.47 bits per heavy atom. The molecule has 0 aliphatic rings. The summed E-state index contributed by atoms with van der Waals surface area (Å²) in [6, 6.07) is 5.52. The number of rotatable bonds is 2. The predicted molar refractivity (Wildman–Crippen MR) is 51.7 cm³/mol. The Bertz CT molecular complexity index is 614. The zero-order valence-electron chi connectivity index (χ0n) is 8.02. The van der Waals surface area contributed by atoms with Gasteiger partial charge in [-0.2, -0.15) is 26.6 Å². The first-order chi connectivity index (χ1) is 7.79. The van der Waals surface area contributed by atoms with Crippen molar-refractivity contribution in [3.8, 4) is 6.01 Å². The first-order valence-electron chi connectivity index (χ1n) is 4.25. The molecule has 9 heteroatoms. The molecule has 1 N–H and O–H groups in total. The lowest BCUT2D eigenvalue weighted by atomic mass is 10.3. The molecule has 0 aliphatic carbocycles. The van der Waals surface area contributed by atoms with Crippen molar-refractivity contribution in [3.63, 3.8) is 0 Å². The number of nitrogens with zero attached hydrogens (tertiary/aromatic N) is 1. The average Bonchev–Trinajstić information content (AvgIpc) is 2.56. The molecule has 1 aromatic carbocycles. The zero-order valence-corrected chi connectivity index (χ0v) is 8.84. The van der Waals surface area contributed by atoms with Crippen molar-refractivity contribution >= 4 is 21.2 Å². The highest BCUT2D eigenvalue weighted by Gasteiger charge is 2.49. The van der Waals surface area contributed by atoms with Crippen molar-refractivity contribution in [3.05, 3.63) is 24.3 Å². The van der Waals surface area contributed by atoms with Crippen LogP contribution >= 0.6 is 0 Å². The Morgan fingerprint density at radius 2 is 1.88 bits per heavy atom. The van der Waals surface area contributed by atoms with Gasteiger partial charge in [-0.15, -0.1) is 0 Å². The topological polar surface area (TPSA) is 72.1 Å². The van der Waals surface area contributed by atoms with Crippen molar-refractivity contribution in [2.24, 2.45) is 0 Å². The monoisotopic (exact) mass is 266 g/mol. The van der Waals surface area contributed by atoms with Crippen LogP contribution in [0, 0.1) is 0 Å². The highest BCUT2D eigenvalue weighted by molar-refractivity contribution is 7.87. The minimum Gasteiger partial charge on any atom is -0.339 e. The van der Waals surface area contributed by atoms with Gasteiger partial charge in [0.2, 0.25) is 0 Å². The van der Waals surface area contributed by atoms with Gasteiger partial charge in [-0.3, -0.25) is 0 Å². The number of alkyl halides is 3. The number of imidazole rings is 1. The van der Waals surface area contributed by atoms with Gasteiger partial charge < -0.3 is 9.17 Å². The lowest BCUT2D eigenvalue weighted by Crippen LogP contribution is -2.28. The number of aromatic nitrogens is 2. The first-order valence-corrected chi connectivity index (χ1v) is 5.66. The van der Waals surface area contributed by atoms with Crippen molar-refractivity contribution in [2.45, 2.75) is 5.51 Å². The molecule has 1 aromatic heterocycles. The third-order valence-electron chi connectivity index (χ3n) is 1.84. The molecule has 0 aliphatic heterocycles. The quantitative estimate of drug-likeness (QED) is 0.664. The van der Waals surface area contributed by atoms with Crippen molar-refractivity contribution in [2.75, 3.05) is 0 Å². The Hall–Kier alpha value is -1.77. The normalized spacial score (nSPS) is 12.9. The molecule has 0 radical (unpaired) electrons. The van der Waals surface area contributed by atoms with E-state index in [-0.39, 0.29) is 0 Å². The van der Waals surface area contributed by atoms with Gasteiger partial charge in [-0.05, 0) is 12.1 Å². The maximum absolute atomic E-state index is 12.0. The summed E-state index contributed by atoms with van der Waals surface area (Å²) >= 11 is 0. The van der Waals surface area contributed by atoms with E-state index in [9.17, 15) is 21.6 Å². The maximum Gasteiger partial charge on any atom is 0.534 e. The Morgan fingerprint density at radius 1 is 1.24 bits per heavy atom. The minimum atomic E-state index is -5.69. The Labute approximate surface area is 93.4 Å². The first kappa shape index (κ1) is 11.7. The molecule has 5 nitrogen and oxygen atoms in total. The summed E-state index contributed by atoms with van der Waals surface area (Å²) in [6.45, 7) is 0. The SMILES string of the molecule is O=S(=O)(Oc1nc2ccccc2[nH]1)C(F)(F)F. The molecule has 2 aromatic rings. The van der Waals surface area contributed by atoms with Crippen molar-refractivity contribution in [1.82, 2.24) is 9.97 Å². The second-order valence-electron chi connectivity index (χ2n) is 3.04. The maximum atomic E-state index is 12.0. The van der Waals surface area contributed by atoms with Gasteiger partial charge in [0, 0.05) is 0 Å². The standard InChI is InChI=1S/C8H5F3N2O3S/c9-8(10,11)17(14,15)16-7-12-5-3-1-2-4-6(5)13-7/h1-4H,(H,12,13). The van der Waals surface area contributed by atoms with Gasteiger partial charge in [-0.1, -0.05) is 12.1 Å². The fourth-order valence-electron chi connectivity index (χ4n) is 1.12. The summed E-state index contributed by atoms with van der Waals surface area (Å²) < 4.78 is 61.3. The Balaban J connectivity index is 2.37. The van der Waals surface area contributed by atoms with Crippen LogP contribution in [0.1, 0.15) is 0 Å². The molecule has 0 saturated carbocycles. The molecule has 17 heavy (non-hydrogen) atoms. The lowest BCUT2D eigenvalue weighted by molar-refractivity contribution is -0.0502. The van der Waals surface area contributed by atoms with Gasteiger partial charge in [0.15, 0.2) is 0 Å². The van der Waals surface area contributed by atoms with Gasteiger partial charge in [0.05, 0.1) is 11.0 Å². The largest absolute Gasteiger partial charge is 0.534 e. The van der Waals surface area contributed by atoms with Crippen molar-refractivity contribution in [1.29, 1.82) is 0 Å². The summed E-state index contributed by atoms with van der Waals surface area (Å²) in [7, 11) is -5.69. The van der Waals surface area contributed by atoms with Gasteiger partial charge in [0.1, 0.15) is 0 Å². The number of nitrogens with one attached hydrogen (secondary N) is 1. The fraction of sp³-hybridized carbons (Fsp3) is 0.125. The number of benzene rings is 1. The zero-order chi connectivity index (χ0) is 12.7. The molecule has 92 valence electrons. The summed E-state index contributed by atoms with van der Waals surface area (Å²) in [5.41, 5.74) is -4.80. The van der Waals surface area contributed by atoms with Crippen LogP contribution in [-0.2, 0) is 10.1 Å². The van der Waals surface area contributed by atoms with Gasteiger partial charge in [0.25, 0.3) is 0 Å².